The van der Waals surface area contributed by atoms with Crippen molar-refractivity contribution in [1.29, 1.82) is 0 Å². The van der Waals surface area contributed by atoms with Gasteiger partial charge in [-0.15, -0.1) is 0 Å². The van der Waals surface area contributed by atoms with Crippen molar-refractivity contribution < 1.29 is 0 Å². The minimum atomic E-state index is 0.338. The van der Waals surface area contributed by atoms with Gasteiger partial charge in [0.2, 0.25) is 0 Å². The van der Waals surface area contributed by atoms with Crippen molar-refractivity contribution in [3.8, 4) is 0 Å². The lowest BCUT2D eigenvalue weighted by Crippen LogP contribution is -1.63. The summed E-state index contributed by atoms with van der Waals surface area (Å²) < 4.78 is 0. The zero-order valence-corrected chi connectivity index (χ0v) is 4.18. The van der Waals surface area contributed by atoms with Gasteiger partial charge in [0.15, 0.2) is 4.84 Å². The van der Waals surface area contributed by atoms with E-state index in [0.29, 0.717) is 11.3 Å². The average Bonchev–Trinajstić information content (AvgIpc) is 1.38. The Morgan fingerprint density at radius 3 is 1.80 bits per heavy atom. The van der Waals surface area contributed by atoms with Crippen molar-refractivity contribution in [2.75, 3.05) is 0 Å². The SMILES string of the molecule is [CH2]C[C](Cl)Cl. The Morgan fingerprint density at radius 2 is 1.80 bits per heavy atom. The Labute approximate surface area is 42.1 Å². The molecule has 2 radical (unpaired) electrons. The second-order valence-corrected chi connectivity index (χ2v) is 1.69. The monoisotopic (exact) mass is 110 g/mol. The van der Waals surface area contributed by atoms with Gasteiger partial charge in [-0.2, -0.15) is 0 Å². The molecule has 0 spiro atoms. The lowest BCUT2D eigenvalue weighted by Gasteiger charge is -1.82. The first-order valence-corrected chi connectivity index (χ1v) is 1.99. The van der Waals surface area contributed by atoms with E-state index < -0.39 is 0 Å². The first kappa shape index (κ1) is 5.58. The van der Waals surface area contributed by atoms with E-state index in [9.17, 15) is 0 Å². The van der Waals surface area contributed by atoms with E-state index in [-0.39, 0.29) is 0 Å². The third-order valence-corrected chi connectivity index (χ3v) is 0.567. The molecular formula is C3H4Cl2. The Balaban J connectivity index is 2.54. The smallest absolute Gasteiger partial charge is 0.0983 e. The highest BCUT2D eigenvalue weighted by atomic mass is 35.5. The van der Waals surface area contributed by atoms with Crippen LogP contribution in [0.25, 0.3) is 0 Å². The molecular weight excluding hydrogens is 107 g/mol. The summed E-state index contributed by atoms with van der Waals surface area (Å²) in [5, 5.41) is 0. The molecule has 0 nitrogen and oxygen atoms in total. The fourth-order valence-electron chi connectivity index (χ4n) is 0. The van der Waals surface area contributed by atoms with E-state index in [0.717, 1.165) is 0 Å². The summed E-state index contributed by atoms with van der Waals surface area (Å²) in [6, 6.07) is 0. The topological polar surface area (TPSA) is 0 Å². The molecule has 0 aliphatic rings. The summed E-state index contributed by atoms with van der Waals surface area (Å²) in [6.07, 6.45) is 0.503. The van der Waals surface area contributed by atoms with E-state index in [1.165, 1.54) is 0 Å². The Kier molecular flexibility index (Phi) is 3.12. The van der Waals surface area contributed by atoms with Gasteiger partial charge in [0.05, 0.1) is 0 Å². The first-order valence-electron chi connectivity index (χ1n) is 1.23. The number of hydrogen-bond acceptors (Lipinski definition) is 0. The molecule has 2 heteroatoms. The molecule has 0 aromatic rings. The van der Waals surface area contributed by atoms with Gasteiger partial charge >= 0.3 is 0 Å². The molecule has 0 aliphatic heterocycles. The van der Waals surface area contributed by atoms with Gasteiger partial charge in [-0.25, -0.2) is 0 Å². The van der Waals surface area contributed by atoms with Gasteiger partial charge < -0.3 is 0 Å². The van der Waals surface area contributed by atoms with Crippen LogP contribution in [0.15, 0.2) is 0 Å². The molecule has 0 amide bonds. The second kappa shape index (κ2) is 2.80. The maximum Gasteiger partial charge on any atom is 0.151 e. The molecule has 0 aromatic carbocycles. The quantitative estimate of drug-likeness (QED) is 0.486. The Hall–Kier alpha value is 0.580. The fraction of sp³-hybridized carbons (Fsp3) is 0.333. The maximum absolute atomic E-state index is 5.08. The molecule has 0 unspecified atom stereocenters. The molecule has 0 bridgehead atoms. The van der Waals surface area contributed by atoms with Crippen LogP contribution in [0.3, 0.4) is 0 Å². The van der Waals surface area contributed by atoms with E-state index >= 15 is 0 Å². The summed E-state index contributed by atoms with van der Waals surface area (Å²) in [4.78, 5) is 0.338. The lowest BCUT2D eigenvalue weighted by molar-refractivity contribution is 1.31. The average molecular weight is 111 g/mol. The summed E-state index contributed by atoms with van der Waals surface area (Å²) in [7, 11) is 0. The molecule has 0 heterocycles. The van der Waals surface area contributed by atoms with Crippen molar-refractivity contribution in [2.24, 2.45) is 0 Å². The van der Waals surface area contributed by atoms with Gasteiger partial charge in [0.25, 0.3) is 0 Å². The molecule has 0 rings (SSSR count). The first-order chi connectivity index (χ1) is 2.27. The number of rotatable bonds is 1. The lowest BCUT2D eigenvalue weighted by atomic mass is 10.6. The zero-order chi connectivity index (χ0) is 4.28. The highest BCUT2D eigenvalue weighted by molar-refractivity contribution is 6.52. The van der Waals surface area contributed by atoms with E-state index in [2.05, 4.69) is 6.92 Å². The standard InChI is InChI=1S/C3H4Cl2/c1-2-3(4)5/h1-2H2. The summed E-state index contributed by atoms with van der Waals surface area (Å²) >= 11 is 10.2. The predicted molar refractivity (Wildman–Crippen MR) is 24.9 cm³/mol. The molecule has 30 valence electrons. The van der Waals surface area contributed by atoms with Crippen LogP contribution in [-0.2, 0) is 0 Å². The highest BCUT2D eigenvalue weighted by Crippen LogP contribution is 2.13. The van der Waals surface area contributed by atoms with E-state index in [1.807, 2.05) is 0 Å². The van der Waals surface area contributed by atoms with Gasteiger partial charge in [0, 0.05) is 0 Å². The molecule has 5 heavy (non-hydrogen) atoms. The minimum Gasteiger partial charge on any atom is -0.0983 e. The summed E-state index contributed by atoms with van der Waals surface area (Å²) in [5.74, 6) is 0. The van der Waals surface area contributed by atoms with Crippen molar-refractivity contribution in [3.05, 3.63) is 11.8 Å². The molecule has 0 saturated carbocycles. The number of halogens is 2. The van der Waals surface area contributed by atoms with Crippen LogP contribution in [0.1, 0.15) is 6.42 Å². The van der Waals surface area contributed by atoms with E-state index in [4.69, 9.17) is 23.2 Å². The molecule has 0 atom stereocenters. The largest absolute Gasteiger partial charge is 0.151 e. The second-order valence-electron chi connectivity index (χ2n) is 0.589. The third-order valence-electron chi connectivity index (χ3n) is 0.189. The Bertz CT molecular complexity index is 18.9. The highest BCUT2D eigenvalue weighted by Gasteiger charge is 1.88. The third kappa shape index (κ3) is 4.58. The normalized spacial score (nSPS) is 9.60. The van der Waals surface area contributed by atoms with Gasteiger partial charge in [0.1, 0.15) is 0 Å². The van der Waals surface area contributed by atoms with Crippen LogP contribution in [0, 0.1) is 11.8 Å². The van der Waals surface area contributed by atoms with Crippen LogP contribution < -0.4 is 0 Å². The van der Waals surface area contributed by atoms with Crippen molar-refractivity contribution in [1.82, 2.24) is 0 Å². The van der Waals surface area contributed by atoms with Crippen LogP contribution in [0.5, 0.6) is 0 Å². The van der Waals surface area contributed by atoms with Gasteiger partial charge in [-0.1, -0.05) is 30.1 Å². The maximum atomic E-state index is 5.08. The molecule has 0 aromatic heterocycles. The predicted octanol–water partition coefficient (Wildman–Crippen LogP) is 2.18. The molecule has 0 saturated heterocycles. The zero-order valence-electron chi connectivity index (χ0n) is 2.67. The summed E-state index contributed by atoms with van der Waals surface area (Å²) in [5.41, 5.74) is 0. The Morgan fingerprint density at radius 1 is 1.60 bits per heavy atom. The van der Waals surface area contributed by atoms with Crippen LogP contribution in [-0.4, -0.2) is 0 Å². The van der Waals surface area contributed by atoms with Gasteiger partial charge in [-0.3, -0.25) is 0 Å². The molecule has 0 fully saturated rings. The minimum absolute atomic E-state index is 0.338. The van der Waals surface area contributed by atoms with Gasteiger partial charge in [-0.05, 0) is 6.42 Å². The molecule has 0 aliphatic carbocycles. The van der Waals surface area contributed by atoms with E-state index in [1.54, 1.807) is 0 Å². The fourth-order valence-corrected chi connectivity index (χ4v) is 0. The van der Waals surface area contributed by atoms with Crippen LogP contribution >= 0.6 is 23.2 Å². The van der Waals surface area contributed by atoms with Crippen molar-refractivity contribution >= 4 is 23.2 Å². The van der Waals surface area contributed by atoms with Crippen LogP contribution in [0.2, 0.25) is 0 Å². The molecule has 0 N–H and O–H groups in total. The number of hydrogen-bond donors (Lipinski definition) is 0. The van der Waals surface area contributed by atoms with Crippen molar-refractivity contribution in [2.45, 2.75) is 6.42 Å². The summed E-state index contributed by atoms with van der Waals surface area (Å²) in [6.45, 7) is 3.38. The van der Waals surface area contributed by atoms with Crippen molar-refractivity contribution in [3.63, 3.8) is 0 Å². The van der Waals surface area contributed by atoms with Crippen LogP contribution in [0.4, 0.5) is 0 Å².